The number of hydrogen-bond donors (Lipinski definition) is 0. The molecule has 3 atom stereocenters. The molecule has 5 nitrogen and oxygen atoms in total. The first-order valence-corrected chi connectivity index (χ1v) is 8.81. The van der Waals surface area contributed by atoms with E-state index < -0.39 is 0 Å². The number of fused-ring (bicyclic) bond motifs is 1. The second-order valence-corrected chi connectivity index (χ2v) is 7.25. The molecule has 22 heavy (non-hydrogen) atoms. The van der Waals surface area contributed by atoms with Gasteiger partial charge in [-0.2, -0.15) is 0 Å². The van der Waals surface area contributed by atoms with E-state index in [-0.39, 0.29) is 6.10 Å². The third-order valence-electron chi connectivity index (χ3n) is 4.79. The van der Waals surface area contributed by atoms with E-state index in [9.17, 15) is 0 Å². The maximum atomic E-state index is 6.25. The second kappa shape index (κ2) is 5.76. The summed E-state index contributed by atoms with van der Waals surface area (Å²) in [6, 6.07) is 2.74. The van der Waals surface area contributed by atoms with Crippen molar-refractivity contribution in [2.24, 2.45) is 0 Å². The molecule has 2 aromatic rings. The largest absolute Gasteiger partial charge is 0.423 e. The van der Waals surface area contributed by atoms with Gasteiger partial charge < -0.3 is 9.15 Å². The van der Waals surface area contributed by atoms with Crippen molar-refractivity contribution in [3.8, 4) is 0 Å². The van der Waals surface area contributed by atoms with Gasteiger partial charge in [0, 0.05) is 30.9 Å². The summed E-state index contributed by atoms with van der Waals surface area (Å²) in [6.07, 6.45) is 3.47. The highest BCUT2D eigenvalue weighted by Gasteiger charge is 2.41. The van der Waals surface area contributed by atoms with Crippen LogP contribution >= 0.6 is 11.3 Å². The monoisotopic (exact) mass is 319 g/mol. The van der Waals surface area contributed by atoms with Gasteiger partial charge in [-0.3, -0.25) is 4.90 Å². The van der Waals surface area contributed by atoms with Gasteiger partial charge in [-0.05, 0) is 43.2 Å². The van der Waals surface area contributed by atoms with Crippen LogP contribution in [0.25, 0.3) is 0 Å². The number of ether oxygens (including phenoxy) is 1. The van der Waals surface area contributed by atoms with Gasteiger partial charge in [0.15, 0.2) is 0 Å². The van der Waals surface area contributed by atoms with E-state index in [1.54, 1.807) is 0 Å². The highest BCUT2D eigenvalue weighted by atomic mass is 32.1. The van der Waals surface area contributed by atoms with Crippen LogP contribution in [-0.4, -0.2) is 33.8 Å². The van der Waals surface area contributed by atoms with Crippen LogP contribution in [0.5, 0.6) is 0 Å². The number of aryl methyl sites for hydroxylation is 2. The van der Waals surface area contributed by atoms with Gasteiger partial charge in [0.2, 0.25) is 11.8 Å². The zero-order valence-corrected chi connectivity index (χ0v) is 13.8. The Bertz CT molecular complexity index is 653. The summed E-state index contributed by atoms with van der Waals surface area (Å²) in [5.74, 6) is 1.26. The van der Waals surface area contributed by atoms with Crippen molar-refractivity contribution >= 4 is 11.3 Å². The topological polar surface area (TPSA) is 51.4 Å². The fourth-order valence-electron chi connectivity index (χ4n) is 3.59. The van der Waals surface area contributed by atoms with E-state index in [4.69, 9.17) is 9.15 Å². The van der Waals surface area contributed by atoms with E-state index in [0.29, 0.717) is 23.9 Å². The van der Waals surface area contributed by atoms with E-state index in [1.807, 2.05) is 18.3 Å². The van der Waals surface area contributed by atoms with Crippen LogP contribution in [0.15, 0.2) is 15.9 Å². The Balaban J connectivity index is 1.43. The lowest BCUT2D eigenvalue weighted by atomic mass is 9.99. The molecule has 2 aliphatic heterocycles. The number of rotatable bonds is 3. The number of nitrogens with zero attached hydrogens (tertiary/aromatic N) is 3. The van der Waals surface area contributed by atoms with Crippen molar-refractivity contribution in [1.29, 1.82) is 0 Å². The number of hydrogen-bond acceptors (Lipinski definition) is 6. The first-order valence-electron chi connectivity index (χ1n) is 7.93. The third-order valence-corrected chi connectivity index (χ3v) is 5.80. The highest BCUT2D eigenvalue weighted by molar-refractivity contribution is 7.10. The first-order chi connectivity index (χ1) is 10.7. The summed E-state index contributed by atoms with van der Waals surface area (Å²) in [7, 11) is 0. The maximum absolute atomic E-state index is 6.25. The molecule has 4 rings (SSSR count). The minimum absolute atomic E-state index is 0.0223. The lowest BCUT2D eigenvalue weighted by Gasteiger charge is -2.34. The smallest absolute Gasteiger partial charge is 0.245 e. The predicted molar refractivity (Wildman–Crippen MR) is 83.8 cm³/mol. The average Bonchev–Trinajstić information content (AvgIpc) is 3.21. The third kappa shape index (κ3) is 2.59. The van der Waals surface area contributed by atoms with Crippen LogP contribution in [0, 0.1) is 13.8 Å². The Labute approximate surface area is 134 Å². The quantitative estimate of drug-likeness (QED) is 0.869. The van der Waals surface area contributed by atoms with Crippen molar-refractivity contribution in [2.75, 3.05) is 6.54 Å². The molecule has 0 N–H and O–H groups in total. The van der Waals surface area contributed by atoms with E-state index in [1.165, 1.54) is 10.4 Å². The van der Waals surface area contributed by atoms with Gasteiger partial charge >= 0.3 is 0 Å². The fraction of sp³-hybridized carbons (Fsp3) is 0.625. The molecular weight excluding hydrogens is 298 g/mol. The molecule has 0 saturated carbocycles. The predicted octanol–water partition coefficient (Wildman–Crippen LogP) is 3.24. The number of likely N-dealkylation sites (tertiary alicyclic amines) is 1. The molecule has 2 aliphatic rings. The Morgan fingerprint density at radius 1 is 1.27 bits per heavy atom. The summed E-state index contributed by atoms with van der Waals surface area (Å²) in [6.45, 7) is 6.19. The Hall–Kier alpha value is -1.24. The summed E-state index contributed by atoms with van der Waals surface area (Å²) in [5.41, 5.74) is 1.41. The van der Waals surface area contributed by atoms with Crippen LogP contribution < -0.4 is 0 Å². The fourth-order valence-corrected chi connectivity index (χ4v) is 4.52. The minimum atomic E-state index is -0.0223. The van der Waals surface area contributed by atoms with Crippen molar-refractivity contribution in [1.82, 2.24) is 15.1 Å². The Kier molecular flexibility index (Phi) is 3.76. The van der Waals surface area contributed by atoms with Crippen molar-refractivity contribution in [3.63, 3.8) is 0 Å². The first kappa shape index (κ1) is 14.4. The van der Waals surface area contributed by atoms with E-state index in [0.717, 1.165) is 32.4 Å². The minimum Gasteiger partial charge on any atom is -0.423 e. The molecule has 0 spiro atoms. The van der Waals surface area contributed by atoms with Gasteiger partial charge in [-0.1, -0.05) is 0 Å². The van der Waals surface area contributed by atoms with E-state index in [2.05, 4.69) is 33.5 Å². The van der Waals surface area contributed by atoms with Crippen LogP contribution in [0.1, 0.15) is 47.6 Å². The highest BCUT2D eigenvalue weighted by Crippen LogP contribution is 2.38. The average molecular weight is 319 g/mol. The maximum Gasteiger partial charge on any atom is 0.245 e. The second-order valence-electron chi connectivity index (χ2n) is 6.25. The van der Waals surface area contributed by atoms with Crippen LogP contribution in [0.2, 0.25) is 0 Å². The van der Waals surface area contributed by atoms with Crippen LogP contribution in [0.4, 0.5) is 0 Å². The summed E-state index contributed by atoms with van der Waals surface area (Å²) < 4.78 is 11.8. The lowest BCUT2D eigenvalue weighted by molar-refractivity contribution is -0.0817. The van der Waals surface area contributed by atoms with Gasteiger partial charge in [0.05, 0.1) is 6.10 Å². The molecule has 6 heteroatoms. The van der Waals surface area contributed by atoms with Crippen molar-refractivity contribution < 1.29 is 9.15 Å². The SMILES string of the molecule is Cc1nnc([C@H]2CC[C@@H]3[C@@H](CCN3Cc3sccc3C)O2)o1. The van der Waals surface area contributed by atoms with Gasteiger partial charge in [-0.25, -0.2) is 0 Å². The Morgan fingerprint density at radius 2 is 2.18 bits per heavy atom. The van der Waals surface area contributed by atoms with Crippen LogP contribution in [0.3, 0.4) is 0 Å². The number of aromatic nitrogens is 2. The molecule has 0 bridgehead atoms. The molecule has 0 aliphatic carbocycles. The molecule has 0 aromatic carbocycles. The van der Waals surface area contributed by atoms with E-state index >= 15 is 0 Å². The van der Waals surface area contributed by atoms with Crippen molar-refractivity contribution in [3.05, 3.63) is 33.7 Å². The van der Waals surface area contributed by atoms with Crippen molar-refractivity contribution in [2.45, 2.75) is 57.9 Å². The van der Waals surface area contributed by atoms with Crippen LogP contribution in [-0.2, 0) is 11.3 Å². The number of thiophene rings is 1. The Morgan fingerprint density at radius 3 is 2.91 bits per heavy atom. The normalized spacial score (nSPS) is 28.9. The van der Waals surface area contributed by atoms with Gasteiger partial charge in [-0.15, -0.1) is 21.5 Å². The molecule has 2 saturated heterocycles. The van der Waals surface area contributed by atoms with Gasteiger partial charge in [0.25, 0.3) is 0 Å². The summed E-state index contributed by atoms with van der Waals surface area (Å²) in [5, 5.41) is 10.2. The molecule has 4 heterocycles. The molecule has 118 valence electrons. The molecule has 2 aromatic heterocycles. The van der Waals surface area contributed by atoms with Gasteiger partial charge in [0.1, 0.15) is 6.10 Å². The zero-order valence-electron chi connectivity index (χ0n) is 13.0. The molecule has 0 radical (unpaired) electrons. The lowest BCUT2D eigenvalue weighted by Crippen LogP contribution is -2.40. The molecule has 2 fully saturated rings. The molecular formula is C16H21N3O2S. The molecule has 0 amide bonds. The zero-order chi connectivity index (χ0) is 15.1. The molecule has 0 unspecified atom stereocenters. The summed E-state index contributed by atoms with van der Waals surface area (Å²) in [4.78, 5) is 4.06. The summed E-state index contributed by atoms with van der Waals surface area (Å²) >= 11 is 1.86. The standard InChI is InChI=1S/C16H21N3O2S/c1-10-6-8-22-15(10)9-19-7-5-13-12(19)3-4-14(21-13)16-18-17-11(2)20-16/h6,8,12-14H,3-5,7,9H2,1-2H3/t12-,13-,14-/m1/s1.